The van der Waals surface area contributed by atoms with Crippen LogP contribution in [-0.4, -0.2) is 57.5 Å². The minimum Gasteiger partial charge on any atom is -0.326 e. The molecule has 164 valence electrons. The molecule has 8 nitrogen and oxygen atoms in total. The van der Waals surface area contributed by atoms with Gasteiger partial charge in [-0.2, -0.15) is 0 Å². The van der Waals surface area contributed by atoms with Gasteiger partial charge < -0.3 is 4.90 Å². The molecule has 3 rings (SSSR count). The van der Waals surface area contributed by atoms with Gasteiger partial charge in [0.2, 0.25) is 25.0 Å². The zero-order valence-corrected chi connectivity index (χ0v) is 19.4. The quantitative estimate of drug-likeness (QED) is 0.568. The minimum atomic E-state index is -3.56. The molecule has 1 fully saturated rings. The van der Waals surface area contributed by atoms with Gasteiger partial charge in [-0.3, -0.25) is 0 Å². The number of anilines is 2. The van der Waals surface area contributed by atoms with E-state index in [9.17, 15) is 16.8 Å². The van der Waals surface area contributed by atoms with Crippen LogP contribution in [0.2, 0.25) is 0 Å². The van der Waals surface area contributed by atoms with Crippen LogP contribution in [0, 0.1) is 0 Å². The fraction of sp³-hybridized carbons (Fsp3) is 0.500. The fourth-order valence-corrected chi connectivity index (χ4v) is 5.18. The van der Waals surface area contributed by atoms with Gasteiger partial charge in [-0.1, -0.05) is 13.3 Å². The van der Waals surface area contributed by atoms with Crippen molar-refractivity contribution in [3.63, 3.8) is 0 Å². The van der Waals surface area contributed by atoms with Crippen LogP contribution in [0.3, 0.4) is 0 Å². The minimum absolute atomic E-state index is 0.229. The predicted octanol–water partition coefficient (Wildman–Crippen LogP) is 2.95. The van der Waals surface area contributed by atoms with E-state index >= 15 is 0 Å². The van der Waals surface area contributed by atoms with Crippen LogP contribution in [0.15, 0.2) is 40.5 Å². The number of nitrogens with zero attached hydrogens (tertiary/aromatic N) is 4. The summed E-state index contributed by atoms with van der Waals surface area (Å²) in [6.07, 6.45) is 5.60. The van der Waals surface area contributed by atoms with Crippen molar-refractivity contribution in [1.29, 1.82) is 0 Å². The molecule has 0 radical (unpaired) electrons. The largest absolute Gasteiger partial charge is 0.326 e. The molecule has 0 atom stereocenters. The maximum Gasteiger partial charge on any atom is 0.248 e. The first-order valence-corrected chi connectivity index (χ1v) is 13.3. The lowest BCUT2D eigenvalue weighted by atomic mass is 9.79. The van der Waals surface area contributed by atoms with Crippen LogP contribution in [0.1, 0.15) is 44.6 Å². The van der Waals surface area contributed by atoms with Crippen molar-refractivity contribution in [3.8, 4) is 0 Å². The molecule has 0 amide bonds. The lowest BCUT2D eigenvalue weighted by molar-refractivity contribution is 0.419. The summed E-state index contributed by atoms with van der Waals surface area (Å²) >= 11 is 0. The molecule has 0 spiro atoms. The number of sulfone groups is 1. The third kappa shape index (κ3) is 4.35. The van der Waals surface area contributed by atoms with Gasteiger partial charge >= 0.3 is 0 Å². The SMILES string of the molecule is CCN(c1ccnc(S(C)(=O)=O)n1)c1ccc(S(=O)(=O)N(C)CC)cc1C1CCC1. The van der Waals surface area contributed by atoms with Gasteiger partial charge in [0.25, 0.3) is 0 Å². The Bertz CT molecular complexity index is 1130. The Morgan fingerprint density at radius 2 is 1.77 bits per heavy atom. The van der Waals surface area contributed by atoms with Gasteiger partial charge in [-0.05, 0) is 55.5 Å². The topological polar surface area (TPSA) is 101 Å². The normalized spacial score (nSPS) is 15.2. The van der Waals surface area contributed by atoms with Crippen molar-refractivity contribution in [3.05, 3.63) is 36.0 Å². The molecule has 1 aliphatic rings. The summed E-state index contributed by atoms with van der Waals surface area (Å²) in [6.45, 7) is 4.67. The van der Waals surface area contributed by atoms with Crippen LogP contribution >= 0.6 is 0 Å². The number of rotatable bonds is 8. The Kier molecular flexibility index (Phi) is 6.49. The lowest BCUT2D eigenvalue weighted by Crippen LogP contribution is -2.27. The predicted molar refractivity (Wildman–Crippen MR) is 116 cm³/mol. The molecule has 10 heteroatoms. The Morgan fingerprint density at radius 1 is 1.07 bits per heavy atom. The third-order valence-corrected chi connectivity index (χ3v) is 8.32. The van der Waals surface area contributed by atoms with E-state index in [0.29, 0.717) is 18.9 Å². The number of hydrogen-bond acceptors (Lipinski definition) is 7. The first kappa shape index (κ1) is 22.6. The molecular weight excluding hydrogens is 424 g/mol. The molecular formula is C20H28N4O4S2. The molecule has 1 aromatic carbocycles. The highest BCUT2D eigenvalue weighted by Crippen LogP contribution is 2.43. The molecule has 1 saturated carbocycles. The van der Waals surface area contributed by atoms with Crippen molar-refractivity contribution in [2.45, 2.75) is 49.1 Å². The van der Waals surface area contributed by atoms with E-state index in [0.717, 1.165) is 36.8 Å². The third-order valence-electron chi connectivity index (χ3n) is 5.53. The van der Waals surface area contributed by atoms with Crippen molar-refractivity contribution < 1.29 is 16.8 Å². The van der Waals surface area contributed by atoms with E-state index in [4.69, 9.17) is 0 Å². The van der Waals surface area contributed by atoms with Crippen molar-refractivity contribution in [2.75, 3.05) is 31.3 Å². The van der Waals surface area contributed by atoms with Gasteiger partial charge in [0.15, 0.2) is 0 Å². The second kappa shape index (κ2) is 8.60. The molecule has 30 heavy (non-hydrogen) atoms. The van der Waals surface area contributed by atoms with Crippen LogP contribution in [0.4, 0.5) is 11.5 Å². The maximum atomic E-state index is 12.8. The lowest BCUT2D eigenvalue weighted by Gasteiger charge is -2.33. The fourth-order valence-electron chi connectivity index (χ4n) is 3.45. The monoisotopic (exact) mass is 452 g/mol. The summed E-state index contributed by atoms with van der Waals surface area (Å²) in [6, 6.07) is 6.84. The van der Waals surface area contributed by atoms with Crippen LogP contribution in [0.5, 0.6) is 0 Å². The number of benzene rings is 1. The highest BCUT2D eigenvalue weighted by atomic mass is 32.2. The van der Waals surface area contributed by atoms with E-state index in [1.807, 2.05) is 11.8 Å². The van der Waals surface area contributed by atoms with Gasteiger partial charge in [-0.15, -0.1) is 0 Å². The van der Waals surface area contributed by atoms with E-state index < -0.39 is 19.9 Å². The standard InChI is InChI=1S/C20H28N4O4S2/c1-5-23(3)30(27,28)16-10-11-18(17(14-16)15-8-7-9-15)24(6-2)19-12-13-21-20(22-19)29(4,25)26/h10-15H,5-9H2,1-4H3. The second-order valence-corrected chi connectivity index (χ2v) is 11.4. The van der Waals surface area contributed by atoms with Crippen molar-refractivity contribution in [2.24, 2.45) is 0 Å². The van der Waals surface area contributed by atoms with Gasteiger partial charge in [0.1, 0.15) is 5.82 Å². The van der Waals surface area contributed by atoms with E-state index in [1.165, 1.54) is 10.5 Å². The summed E-state index contributed by atoms with van der Waals surface area (Å²) < 4.78 is 50.8. The summed E-state index contributed by atoms with van der Waals surface area (Å²) in [5.74, 6) is 0.738. The molecule has 0 unspecified atom stereocenters. The molecule has 0 N–H and O–H groups in total. The Labute approximate surface area is 178 Å². The molecule has 0 bridgehead atoms. The summed E-state index contributed by atoms with van der Waals surface area (Å²) in [5.41, 5.74) is 1.80. The summed E-state index contributed by atoms with van der Waals surface area (Å²) in [7, 11) is -5.53. The molecule has 1 aromatic heterocycles. The van der Waals surface area contributed by atoms with E-state index in [-0.39, 0.29) is 16.0 Å². The number of hydrogen-bond donors (Lipinski definition) is 0. The Morgan fingerprint density at radius 3 is 2.30 bits per heavy atom. The van der Waals surface area contributed by atoms with Crippen LogP contribution in [0.25, 0.3) is 0 Å². The average Bonchev–Trinajstić information content (AvgIpc) is 2.67. The van der Waals surface area contributed by atoms with Crippen molar-refractivity contribution >= 4 is 31.4 Å². The molecule has 1 heterocycles. The van der Waals surface area contributed by atoms with Crippen molar-refractivity contribution in [1.82, 2.24) is 14.3 Å². The Balaban J connectivity index is 2.12. The summed E-state index contributed by atoms with van der Waals surface area (Å²) in [4.78, 5) is 10.3. The second-order valence-electron chi connectivity index (χ2n) is 7.48. The average molecular weight is 453 g/mol. The maximum absolute atomic E-state index is 12.8. The summed E-state index contributed by atoms with van der Waals surface area (Å²) in [5, 5.41) is -0.229. The molecule has 0 aliphatic heterocycles. The first-order chi connectivity index (χ1) is 14.1. The van der Waals surface area contributed by atoms with E-state index in [1.54, 1.807) is 38.2 Å². The molecule has 2 aromatic rings. The number of aromatic nitrogens is 2. The van der Waals surface area contributed by atoms with Crippen LogP contribution in [-0.2, 0) is 19.9 Å². The van der Waals surface area contributed by atoms with Gasteiger partial charge in [0, 0.05) is 38.3 Å². The zero-order valence-electron chi connectivity index (χ0n) is 17.7. The van der Waals surface area contributed by atoms with Crippen LogP contribution < -0.4 is 4.90 Å². The molecule has 0 saturated heterocycles. The zero-order chi connectivity index (χ0) is 22.1. The smallest absolute Gasteiger partial charge is 0.248 e. The van der Waals surface area contributed by atoms with Gasteiger partial charge in [0.05, 0.1) is 4.90 Å². The molecule has 1 aliphatic carbocycles. The number of sulfonamides is 1. The Hall–Kier alpha value is -2.04. The van der Waals surface area contributed by atoms with E-state index in [2.05, 4.69) is 9.97 Å². The van der Waals surface area contributed by atoms with Gasteiger partial charge in [-0.25, -0.2) is 31.1 Å². The highest BCUT2D eigenvalue weighted by Gasteiger charge is 2.28. The first-order valence-electron chi connectivity index (χ1n) is 10.0. The highest BCUT2D eigenvalue weighted by molar-refractivity contribution is 7.90.